The van der Waals surface area contributed by atoms with Crippen molar-refractivity contribution in [3.8, 4) is 16.9 Å². The van der Waals surface area contributed by atoms with Gasteiger partial charge in [0.1, 0.15) is 12.4 Å². The lowest BCUT2D eigenvalue weighted by atomic mass is 9.90. The third kappa shape index (κ3) is 5.30. The van der Waals surface area contributed by atoms with Gasteiger partial charge in [-0.1, -0.05) is 43.7 Å². The van der Waals surface area contributed by atoms with E-state index in [0.717, 1.165) is 40.1 Å². The Morgan fingerprint density at radius 2 is 1.68 bits per heavy atom. The number of rotatable bonds is 8. The van der Waals surface area contributed by atoms with Gasteiger partial charge in [-0.25, -0.2) is 4.79 Å². The first-order valence-corrected chi connectivity index (χ1v) is 10.5. The maximum Gasteiger partial charge on any atom is 0.335 e. The fraction of sp³-hybridized carbons (Fsp3) is 0.308. The molecule has 3 rings (SSSR count). The Bertz CT molecular complexity index is 1060. The van der Waals surface area contributed by atoms with Crippen molar-refractivity contribution in [1.82, 2.24) is 4.98 Å². The van der Waals surface area contributed by atoms with E-state index in [9.17, 15) is 4.79 Å². The maximum atomic E-state index is 11.1. The van der Waals surface area contributed by atoms with Crippen LogP contribution in [-0.4, -0.2) is 16.1 Å². The maximum absolute atomic E-state index is 11.1. The van der Waals surface area contributed by atoms with Crippen molar-refractivity contribution in [3.05, 3.63) is 82.2 Å². The monoisotopic (exact) mass is 418 g/mol. The number of nitrogens with zero attached hydrogens (tertiary/aromatic N) is 1. The molecule has 5 heteroatoms. The highest BCUT2D eigenvalue weighted by Crippen LogP contribution is 2.33. The van der Waals surface area contributed by atoms with Crippen molar-refractivity contribution in [3.63, 3.8) is 0 Å². The van der Waals surface area contributed by atoms with Gasteiger partial charge in [-0.15, -0.1) is 0 Å². The summed E-state index contributed by atoms with van der Waals surface area (Å²) in [6.07, 6.45) is 0.865. The first-order valence-electron chi connectivity index (χ1n) is 10.5. The van der Waals surface area contributed by atoms with Crippen molar-refractivity contribution in [2.75, 3.05) is 0 Å². The number of benzene rings is 2. The molecule has 0 aliphatic heterocycles. The number of ether oxygens (including phenoxy) is 1. The highest BCUT2D eigenvalue weighted by atomic mass is 16.5. The summed E-state index contributed by atoms with van der Waals surface area (Å²) >= 11 is 0. The minimum Gasteiger partial charge on any atom is -0.489 e. The smallest absolute Gasteiger partial charge is 0.335 e. The number of carbonyl (C=O) groups is 1. The van der Waals surface area contributed by atoms with Crippen LogP contribution in [0.1, 0.15) is 52.3 Å². The third-order valence-electron chi connectivity index (χ3n) is 5.32. The normalized spacial score (nSPS) is 11.0. The Kier molecular flexibility index (Phi) is 7.08. The minimum atomic E-state index is -0.957. The second-order valence-corrected chi connectivity index (χ2v) is 8.26. The summed E-state index contributed by atoms with van der Waals surface area (Å²) in [5, 5.41) is 9.09. The number of carboxylic acid groups (broad SMARTS) is 1. The van der Waals surface area contributed by atoms with Crippen molar-refractivity contribution in [1.29, 1.82) is 0 Å². The summed E-state index contributed by atoms with van der Waals surface area (Å²) in [5.74, 6) is 0.124. The lowest BCUT2D eigenvalue weighted by Gasteiger charge is -2.21. The number of aromatic nitrogens is 1. The van der Waals surface area contributed by atoms with Crippen LogP contribution in [0.3, 0.4) is 0 Å². The number of hydrogen-bond donors (Lipinski definition) is 2. The molecule has 0 saturated heterocycles. The molecule has 0 atom stereocenters. The number of aryl methyl sites for hydroxylation is 2. The van der Waals surface area contributed by atoms with E-state index >= 15 is 0 Å². The molecule has 5 nitrogen and oxygen atoms in total. The van der Waals surface area contributed by atoms with Crippen LogP contribution in [0.15, 0.2) is 48.5 Å². The lowest BCUT2D eigenvalue weighted by Crippen LogP contribution is -2.14. The van der Waals surface area contributed by atoms with Crippen molar-refractivity contribution < 1.29 is 14.6 Å². The van der Waals surface area contributed by atoms with Gasteiger partial charge in [-0.05, 0) is 67.1 Å². The van der Waals surface area contributed by atoms with Crippen LogP contribution in [0.25, 0.3) is 11.1 Å². The Balaban J connectivity index is 2.05. The Morgan fingerprint density at radius 3 is 2.23 bits per heavy atom. The van der Waals surface area contributed by atoms with Gasteiger partial charge < -0.3 is 15.6 Å². The molecular formula is C26H30N2O3. The van der Waals surface area contributed by atoms with Gasteiger partial charge in [0.15, 0.2) is 0 Å². The van der Waals surface area contributed by atoms with Gasteiger partial charge in [0.2, 0.25) is 0 Å². The van der Waals surface area contributed by atoms with Gasteiger partial charge in [0.25, 0.3) is 0 Å². The van der Waals surface area contributed by atoms with Crippen LogP contribution in [0.5, 0.6) is 5.75 Å². The summed E-state index contributed by atoms with van der Waals surface area (Å²) in [6, 6.07) is 14.9. The highest BCUT2D eigenvalue weighted by molar-refractivity contribution is 5.87. The van der Waals surface area contributed by atoms with E-state index in [2.05, 4.69) is 45.0 Å². The lowest BCUT2D eigenvalue weighted by molar-refractivity contribution is 0.0697. The zero-order valence-corrected chi connectivity index (χ0v) is 18.6. The molecular weight excluding hydrogens is 388 g/mol. The van der Waals surface area contributed by atoms with E-state index in [1.54, 1.807) is 24.3 Å². The number of aromatic carboxylic acids is 1. The molecule has 1 aromatic heterocycles. The zero-order chi connectivity index (χ0) is 22.5. The second kappa shape index (κ2) is 9.75. The number of hydrogen-bond acceptors (Lipinski definition) is 4. The molecule has 3 N–H and O–H groups in total. The third-order valence-corrected chi connectivity index (χ3v) is 5.32. The fourth-order valence-corrected chi connectivity index (χ4v) is 3.71. The summed E-state index contributed by atoms with van der Waals surface area (Å²) in [5.41, 5.74) is 13.9. The Labute approximate surface area is 183 Å². The molecule has 0 saturated carbocycles. The van der Waals surface area contributed by atoms with E-state index < -0.39 is 5.97 Å². The first-order chi connectivity index (χ1) is 14.8. The molecule has 0 spiro atoms. The van der Waals surface area contributed by atoms with Crippen LogP contribution in [0.4, 0.5) is 0 Å². The Hall–Kier alpha value is -3.18. The fourth-order valence-electron chi connectivity index (χ4n) is 3.71. The number of carboxylic acids is 1. The molecule has 0 radical (unpaired) electrons. The predicted molar refractivity (Wildman–Crippen MR) is 123 cm³/mol. The molecule has 31 heavy (non-hydrogen) atoms. The zero-order valence-electron chi connectivity index (χ0n) is 18.6. The molecule has 0 unspecified atom stereocenters. The SMILES string of the molecule is Cc1ccc(-c2c(COc3ccc(C(=O)O)cc3)c(C)nc(CC(C)C)c2CN)cc1. The van der Waals surface area contributed by atoms with E-state index in [1.165, 1.54) is 5.56 Å². The number of nitrogens with two attached hydrogens (primary N) is 1. The average molecular weight is 419 g/mol. The highest BCUT2D eigenvalue weighted by Gasteiger charge is 2.19. The van der Waals surface area contributed by atoms with Gasteiger partial charge in [0, 0.05) is 23.5 Å². The molecule has 3 aromatic rings. The van der Waals surface area contributed by atoms with Crippen molar-refractivity contribution in [2.45, 2.75) is 47.3 Å². The standard InChI is InChI=1S/C26H30N2O3/c1-16(2)13-24-22(14-27)25(19-7-5-17(3)6-8-19)23(18(4)28-24)15-31-21-11-9-20(10-12-21)26(29)30/h5-12,16H,13-15,27H2,1-4H3,(H,29,30). The number of pyridine rings is 1. The summed E-state index contributed by atoms with van der Waals surface area (Å²) in [7, 11) is 0. The van der Waals surface area contributed by atoms with Crippen molar-refractivity contribution >= 4 is 5.97 Å². The molecule has 1 heterocycles. The largest absolute Gasteiger partial charge is 0.489 e. The van der Waals surface area contributed by atoms with Gasteiger partial charge in [-0.3, -0.25) is 4.98 Å². The molecule has 162 valence electrons. The summed E-state index contributed by atoms with van der Waals surface area (Å²) < 4.78 is 6.04. The van der Waals surface area contributed by atoms with Crippen LogP contribution in [0.2, 0.25) is 0 Å². The van der Waals surface area contributed by atoms with Crippen molar-refractivity contribution in [2.24, 2.45) is 11.7 Å². The topological polar surface area (TPSA) is 85.4 Å². The first kappa shape index (κ1) is 22.5. The van der Waals surface area contributed by atoms with E-state index in [-0.39, 0.29) is 5.56 Å². The van der Waals surface area contributed by atoms with Gasteiger partial charge in [0.05, 0.1) is 5.56 Å². The van der Waals surface area contributed by atoms with Crippen LogP contribution >= 0.6 is 0 Å². The van der Waals surface area contributed by atoms with Crippen LogP contribution in [0, 0.1) is 19.8 Å². The molecule has 0 amide bonds. The second-order valence-electron chi connectivity index (χ2n) is 8.26. The van der Waals surface area contributed by atoms with E-state index in [4.69, 9.17) is 20.6 Å². The molecule has 0 bridgehead atoms. The Morgan fingerprint density at radius 1 is 1.03 bits per heavy atom. The summed E-state index contributed by atoms with van der Waals surface area (Å²) in [6.45, 7) is 9.16. The van der Waals surface area contributed by atoms with Crippen LogP contribution < -0.4 is 10.5 Å². The molecule has 0 fully saturated rings. The molecule has 0 aliphatic rings. The van der Waals surface area contributed by atoms with E-state index in [1.807, 2.05) is 6.92 Å². The molecule has 0 aliphatic carbocycles. The van der Waals surface area contributed by atoms with Gasteiger partial charge >= 0.3 is 5.97 Å². The molecule has 2 aromatic carbocycles. The van der Waals surface area contributed by atoms with Crippen LogP contribution in [-0.2, 0) is 19.6 Å². The average Bonchev–Trinajstić information content (AvgIpc) is 2.73. The van der Waals surface area contributed by atoms with E-state index in [0.29, 0.717) is 24.8 Å². The van der Waals surface area contributed by atoms with Gasteiger partial charge in [-0.2, -0.15) is 0 Å². The minimum absolute atomic E-state index is 0.231. The quantitative estimate of drug-likeness (QED) is 0.518. The predicted octanol–water partition coefficient (Wildman–Crippen LogP) is 5.30. The summed E-state index contributed by atoms with van der Waals surface area (Å²) in [4.78, 5) is 16.0.